The Morgan fingerprint density at radius 1 is 1.06 bits per heavy atom. The van der Waals surface area contributed by atoms with Gasteiger partial charge in [0.1, 0.15) is 6.07 Å². The molecule has 0 N–H and O–H groups in total. The Morgan fingerprint density at radius 3 is 2.52 bits per heavy atom. The van der Waals surface area contributed by atoms with E-state index < -0.39 is 6.55 Å². The van der Waals surface area contributed by atoms with Crippen molar-refractivity contribution < 1.29 is 13.5 Å². The summed E-state index contributed by atoms with van der Waals surface area (Å²) in [7, 11) is 0. The fourth-order valence-electron chi connectivity index (χ4n) is 3.82. The number of ether oxygens (including phenoxy) is 1. The second-order valence-corrected chi connectivity index (χ2v) is 8.43. The number of nitrogens with zero attached hydrogens (tertiary/aromatic N) is 5. The molecule has 9 heteroatoms. The lowest BCUT2D eigenvalue weighted by atomic mass is 10.1. The van der Waals surface area contributed by atoms with Gasteiger partial charge in [-0.05, 0) is 18.2 Å². The Kier molecular flexibility index (Phi) is 5.86. The third-order valence-electron chi connectivity index (χ3n) is 5.40. The van der Waals surface area contributed by atoms with Crippen molar-refractivity contribution in [1.82, 2.24) is 14.5 Å². The van der Waals surface area contributed by atoms with E-state index in [1.807, 2.05) is 30.3 Å². The van der Waals surface area contributed by atoms with E-state index >= 15 is 0 Å². The molecule has 0 amide bonds. The van der Waals surface area contributed by atoms with Gasteiger partial charge in [-0.15, -0.1) is 0 Å². The maximum absolute atomic E-state index is 14.0. The summed E-state index contributed by atoms with van der Waals surface area (Å²) in [5.74, 6) is -0.0611. The minimum atomic E-state index is -2.83. The number of thiazole rings is 1. The van der Waals surface area contributed by atoms with E-state index in [9.17, 15) is 14.0 Å². The molecule has 1 aliphatic rings. The van der Waals surface area contributed by atoms with Crippen LogP contribution in [0.5, 0.6) is 0 Å². The minimum absolute atomic E-state index is 0.0564. The number of nitriles is 1. The first-order valence-corrected chi connectivity index (χ1v) is 11.2. The fourth-order valence-corrected chi connectivity index (χ4v) is 4.90. The SMILES string of the molecule is N#CC(=Cc1sc(N2CCOCC2)nc1-c1ccccc1)c1nc2ccccc2n1C(F)F. The van der Waals surface area contributed by atoms with Crippen molar-refractivity contribution in [3.63, 3.8) is 0 Å². The molecule has 5 rings (SSSR count). The van der Waals surface area contributed by atoms with Crippen LogP contribution in [0.3, 0.4) is 0 Å². The monoisotopic (exact) mass is 463 g/mol. The molecule has 2 aromatic carbocycles. The first kappa shape index (κ1) is 21.2. The lowest BCUT2D eigenvalue weighted by Crippen LogP contribution is -2.36. The van der Waals surface area contributed by atoms with E-state index in [1.54, 1.807) is 30.3 Å². The molecule has 4 aromatic rings. The van der Waals surface area contributed by atoms with Crippen LogP contribution < -0.4 is 4.90 Å². The van der Waals surface area contributed by atoms with E-state index in [1.165, 1.54) is 11.3 Å². The minimum Gasteiger partial charge on any atom is -0.378 e. The van der Waals surface area contributed by atoms with Crippen LogP contribution in [0.1, 0.15) is 17.3 Å². The quantitative estimate of drug-likeness (QED) is 0.368. The van der Waals surface area contributed by atoms with Crippen LogP contribution in [0.25, 0.3) is 33.9 Å². The van der Waals surface area contributed by atoms with E-state index in [-0.39, 0.29) is 16.9 Å². The maximum Gasteiger partial charge on any atom is 0.320 e. The summed E-state index contributed by atoms with van der Waals surface area (Å²) in [6.07, 6.45) is 1.62. The summed E-state index contributed by atoms with van der Waals surface area (Å²) < 4.78 is 34.2. The molecule has 1 saturated heterocycles. The average molecular weight is 464 g/mol. The zero-order valence-electron chi connectivity index (χ0n) is 17.5. The number of halogens is 2. The van der Waals surface area contributed by atoms with Gasteiger partial charge in [0.25, 0.3) is 0 Å². The molecule has 0 saturated carbocycles. The van der Waals surface area contributed by atoms with Crippen LogP contribution >= 0.6 is 11.3 Å². The normalized spacial score (nSPS) is 14.7. The molecule has 0 atom stereocenters. The smallest absolute Gasteiger partial charge is 0.320 e. The standard InChI is InChI=1S/C24H19F2N5OS/c25-23(26)31-19-9-5-4-8-18(19)28-22(31)17(15-27)14-20-21(16-6-2-1-3-7-16)29-24(33-20)30-10-12-32-13-11-30/h1-9,14,23H,10-13H2. The Balaban J connectivity index is 1.66. The van der Waals surface area contributed by atoms with Crippen LogP contribution in [0, 0.1) is 11.3 Å². The third kappa shape index (κ3) is 4.11. The van der Waals surface area contributed by atoms with Crippen molar-refractivity contribution in [2.24, 2.45) is 0 Å². The van der Waals surface area contributed by atoms with E-state index in [4.69, 9.17) is 9.72 Å². The molecule has 0 aliphatic carbocycles. The number of imidazole rings is 1. The fraction of sp³-hybridized carbons (Fsp3) is 0.208. The second kappa shape index (κ2) is 9.10. The number of para-hydroxylation sites is 2. The van der Waals surface area contributed by atoms with Gasteiger partial charge in [-0.3, -0.25) is 4.57 Å². The van der Waals surface area contributed by atoms with Gasteiger partial charge < -0.3 is 9.64 Å². The van der Waals surface area contributed by atoms with Crippen molar-refractivity contribution in [1.29, 1.82) is 5.26 Å². The maximum atomic E-state index is 14.0. The van der Waals surface area contributed by atoms with E-state index in [2.05, 4.69) is 16.0 Å². The highest BCUT2D eigenvalue weighted by atomic mass is 32.1. The first-order valence-electron chi connectivity index (χ1n) is 10.4. The Morgan fingerprint density at radius 2 is 1.79 bits per heavy atom. The molecule has 3 heterocycles. The van der Waals surface area contributed by atoms with Crippen LogP contribution in [0.2, 0.25) is 0 Å². The Bertz CT molecular complexity index is 1350. The summed E-state index contributed by atoms with van der Waals surface area (Å²) in [5, 5.41) is 10.7. The summed E-state index contributed by atoms with van der Waals surface area (Å²) in [5.41, 5.74) is 2.34. The van der Waals surface area contributed by atoms with Crippen molar-refractivity contribution in [2.45, 2.75) is 6.55 Å². The Hall–Kier alpha value is -3.61. The van der Waals surface area contributed by atoms with Gasteiger partial charge in [0.05, 0.1) is 40.4 Å². The summed E-state index contributed by atoms with van der Waals surface area (Å²) in [6, 6.07) is 18.3. The van der Waals surface area contributed by atoms with Crippen molar-refractivity contribution in [2.75, 3.05) is 31.2 Å². The molecule has 0 spiro atoms. The number of aromatic nitrogens is 3. The van der Waals surface area contributed by atoms with E-state index in [0.29, 0.717) is 29.3 Å². The second-order valence-electron chi connectivity index (χ2n) is 7.42. The number of hydrogen-bond donors (Lipinski definition) is 0. The van der Waals surface area contributed by atoms with Crippen LogP contribution in [-0.2, 0) is 4.74 Å². The largest absolute Gasteiger partial charge is 0.378 e. The molecule has 6 nitrogen and oxygen atoms in total. The molecule has 2 aromatic heterocycles. The summed E-state index contributed by atoms with van der Waals surface area (Å²) in [6.45, 7) is -0.155. The number of morpholine rings is 1. The predicted octanol–water partition coefficient (Wildman–Crippen LogP) is 5.46. The topological polar surface area (TPSA) is 67.0 Å². The summed E-state index contributed by atoms with van der Waals surface area (Å²) in [4.78, 5) is 12.0. The number of fused-ring (bicyclic) bond motifs is 1. The molecular weight excluding hydrogens is 444 g/mol. The van der Waals surface area contributed by atoms with Crippen molar-refractivity contribution in [3.05, 3.63) is 65.3 Å². The Labute approximate surface area is 193 Å². The zero-order chi connectivity index (χ0) is 22.8. The van der Waals surface area contributed by atoms with Gasteiger partial charge in [-0.1, -0.05) is 53.8 Å². The molecule has 0 radical (unpaired) electrons. The van der Waals surface area contributed by atoms with Gasteiger partial charge in [0.2, 0.25) is 0 Å². The highest BCUT2D eigenvalue weighted by Crippen LogP contribution is 2.37. The number of anilines is 1. The molecule has 166 valence electrons. The third-order valence-corrected chi connectivity index (χ3v) is 6.46. The first-order chi connectivity index (χ1) is 16.2. The highest BCUT2D eigenvalue weighted by Gasteiger charge is 2.23. The zero-order valence-corrected chi connectivity index (χ0v) is 18.3. The molecular formula is C24H19F2N5OS. The summed E-state index contributed by atoms with van der Waals surface area (Å²) >= 11 is 1.43. The van der Waals surface area contributed by atoms with Gasteiger partial charge in [0.15, 0.2) is 11.0 Å². The van der Waals surface area contributed by atoms with Gasteiger partial charge in [-0.2, -0.15) is 14.0 Å². The molecule has 1 fully saturated rings. The highest BCUT2D eigenvalue weighted by molar-refractivity contribution is 7.17. The number of benzene rings is 2. The number of alkyl halides is 2. The molecule has 0 bridgehead atoms. The molecule has 33 heavy (non-hydrogen) atoms. The van der Waals surface area contributed by atoms with Crippen molar-refractivity contribution >= 4 is 39.2 Å². The molecule has 1 aliphatic heterocycles. The lowest BCUT2D eigenvalue weighted by molar-refractivity contribution is 0.0738. The van der Waals surface area contributed by atoms with Gasteiger partial charge >= 0.3 is 6.55 Å². The van der Waals surface area contributed by atoms with Gasteiger partial charge in [0, 0.05) is 18.7 Å². The average Bonchev–Trinajstić information content (AvgIpc) is 3.45. The molecule has 0 unspecified atom stereocenters. The number of allylic oxidation sites excluding steroid dienone is 1. The lowest BCUT2D eigenvalue weighted by Gasteiger charge is -2.26. The van der Waals surface area contributed by atoms with Crippen LogP contribution in [0.4, 0.5) is 13.9 Å². The number of hydrogen-bond acceptors (Lipinski definition) is 6. The van der Waals surface area contributed by atoms with Crippen LogP contribution in [-0.4, -0.2) is 40.8 Å². The predicted molar refractivity (Wildman–Crippen MR) is 125 cm³/mol. The van der Waals surface area contributed by atoms with Gasteiger partial charge in [-0.25, -0.2) is 9.97 Å². The number of rotatable bonds is 5. The van der Waals surface area contributed by atoms with E-state index in [0.717, 1.165) is 28.4 Å². The van der Waals surface area contributed by atoms with Crippen LogP contribution in [0.15, 0.2) is 54.6 Å². The van der Waals surface area contributed by atoms with Crippen molar-refractivity contribution in [3.8, 4) is 17.3 Å².